The number of imide groups is 2. The molecule has 0 spiro atoms. The molecular formula is C9H4ClFN2O3. The molecule has 5 nitrogen and oxygen atoms in total. The van der Waals surface area contributed by atoms with Gasteiger partial charge in [0.1, 0.15) is 5.82 Å². The second-order valence-corrected chi connectivity index (χ2v) is 3.41. The molecule has 1 saturated heterocycles. The molecule has 1 heterocycles. The summed E-state index contributed by atoms with van der Waals surface area (Å²) in [7, 11) is 0. The third-order valence-electron chi connectivity index (χ3n) is 1.98. The molecule has 1 aliphatic heterocycles. The SMILES string of the molecule is O=C1NC(=O)N(c2ccc(F)c(Cl)c2)C1=O. The third-order valence-corrected chi connectivity index (χ3v) is 2.27. The van der Waals surface area contributed by atoms with Crippen molar-refractivity contribution in [3.8, 4) is 0 Å². The van der Waals surface area contributed by atoms with Gasteiger partial charge in [-0.25, -0.2) is 14.1 Å². The molecule has 1 aliphatic rings. The van der Waals surface area contributed by atoms with Crippen molar-refractivity contribution in [3.63, 3.8) is 0 Å². The second kappa shape index (κ2) is 3.57. The van der Waals surface area contributed by atoms with Gasteiger partial charge in [0.2, 0.25) is 0 Å². The van der Waals surface area contributed by atoms with Gasteiger partial charge in [0.25, 0.3) is 0 Å². The van der Waals surface area contributed by atoms with Gasteiger partial charge < -0.3 is 0 Å². The van der Waals surface area contributed by atoms with Crippen molar-refractivity contribution >= 4 is 35.1 Å². The van der Waals surface area contributed by atoms with Crippen molar-refractivity contribution in [3.05, 3.63) is 29.0 Å². The van der Waals surface area contributed by atoms with Crippen LogP contribution in [0.25, 0.3) is 0 Å². The number of anilines is 1. The molecule has 1 aromatic carbocycles. The molecular weight excluding hydrogens is 239 g/mol. The van der Waals surface area contributed by atoms with E-state index < -0.39 is 23.7 Å². The van der Waals surface area contributed by atoms with E-state index in [9.17, 15) is 18.8 Å². The van der Waals surface area contributed by atoms with Crippen LogP contribution < -0.4 is 10.2 Å². The lowest BCUT2D eigenvalue weighted by Crippen LogP contribution is -2.30. The minimum absolute atomic E-state index is 0.0414. The lowest BCUT2D eigenvalue weighted by Gasteiger charge is -2.11. The molecule has 4 amide bonds. The smallest absolute Gasteiger partial charge is 0.269 e. The number of nitrogens with one attached hydrogen (secondary N) is 1. The summed E-state index contributed by atoms with van der Waals surface area (Å²) in [5, 5.41) is 1.57. The van der Waals surface area contributed by atoms with E-state index in [4.69, 9.17) is 11.6 Å². The highest BCUT2D eigenvalue weighted by molar-refractivity contribution is 6.53. The summed E-state index contributed by atoms with van der Waals surface area (Å²) < 4.78 is 12.9. The van der Waals surface area contributed by atoms with Crippen LogP contribution in [0, 0.1) is 5.82 Å². The lowest BCUT2D eigenvalue weighted by molar-refractivity contribution is -0.134. The Morgan fingerprint density at radius 1 is 1.25 bits per heavy atom. The number of benzene rings is 1. The Morgan fingerprint density at radius 3 is 2.44 bits per heavy atom. The first kappa shape index (κ1) is 10.6. The van der Waals surface area contributed by atoms with Crippen LogP contribution >= 0.6 is 11.6 Å². The predicted molar refractivity (Wildman–Crippen MR) is 52.4 cm³/mol. The number of hydrogen-bond acceptors (Lipinski definition) is 3. The molecule has 0 saturated carbocycles. The minimum atomic E-state index is -1.02. The van der Waals surface area contributed by atoms with Gasteiger partial charge in [-0.15, -0.1) is 0 Å². The van der Waals surface area contributed by atoms with E-state index in [0.717, 1.165) is 12.1 Å². The number of amides is 4. The number of urea groups is 1. The molecule has 82 valence electrons. The Bertz CT molecular complexity index is 517. The van der Waals surface area contributed by atoms with E-state index in [-0.39, 0.29) is 10.7 Å². The molecule has 0 unspecified atom stereocenters. The number of halogens is 2. The highest BCUT2D eigenvalue weighted by Gasteiger charge is 2.38. The summed E-state index contributed by atoms with van der Waals surface area (Å²) in [6.45, 7) is 0. The predicted octanol–water partition coefficient (Wildman–Crippen LogP) is 1.06. The Hall–Kier alpha value is -1.95. The Morgan fingerprint density at radius 2 is 1.94 bits per heavy atom. The van der Waals surface area contributed by atoms with Crippen molar-refractivity contribution in [2.45, 2.75) is 0 Å². The molecule has 7 heteroatoms. The third kappa shape index (κ3) is 1.53. The second-order valence-electron chi connectivity index (χ2n) is 3.00. The van der Waals surface area contributed by atoms with E-state index in [2.05, 4.69) is 0 Å². The summed E-state index contributed by atoms with van der Waals surface area (Å²) in [6, 6.07) is 2.39. The van der Waals surface area contributed by atoms with Crippen molar-refractivity contribution in [1.29, 1.82) is 0 Å². The maximum Gasteiger partial charge on any atom is 0.336 e. The molecule has 0 bridgehead atoms. The average Bonchev–Trinajstić information content (AvgIpc) is 2.47. The number of carbonyl (C=O) groups excluding carboxylic acids is 3. The zero-order valence-corrected chi connectivity index (χ0v) is 8.42. The number of hydrogen-bond donors (Lipinski definition) is 1. The van der Waals surface area contributed by atoms with E-state index in [1.165, 1.54) is 6.07 Å². The molecule has 0 radical (unpaired) electrons. The van der Waals surface area contributed by atoms with Gasteiger partial charge in [-0.3, -0.25) is 14.9 Å². The molecule has 16 heavy (non-hydrogen) atoms. The summed E-state index contributed by atoms with van der Waals surface area (Å²) in [5.41, 5.74) is 0.0414. The Labute approximate surface area is 93.8 Å². The van der Waals surface area contributed by atoms with Crippen molar-refractivity contribution in [1.82, 2.24) is 5.32 Å². The van der Waals surface area contributed by atoms with Crippen molar-refractivity contribution < 1.29 is 18.8 Å². The fourth-order valence-electron chi connectivity index (χ4n) is 1.26. The normalized spacial score (nSPS) is 15.6. The van der Waals surface area contributed by atoms with Crippen molar-refractivity contribution in [2.24, 2.45) is 0 Å². The lowest BCUT2D eigenvalue weighted by atomic mass is 10.3. The summed E-state index contributed by atoms with van der Waals surface area (Å²) in [5.74, 6) is -2.72. The average molecular weight is 243 g/mol. The number of carbonyl (C=O) groups is 3. The zero-order chi connectivity index (χ0) is 11.9. The van der Waals surface area contributed by atoms with E-state index in [1.54, 1.807) is 0 Å². The van der Waals surface area contributed by atoms with Crippen LogP contribution in [0.4, 0.5) is 14.9 Å². The maximum absolute atomic E-state index is 12.9. The van der Waals surface area contributed by atoms with E-state index >= 15 is 0 Å². The van der Waals surface area contributed by atoms with Crippen molar-refractivity contribution in [2.75, 3.05) is 4.90 Å². The molecule has 1 N–H and O–H groups in total. The summed E-state index contributed by atoms with van der Waals surface area (Å²) >= 11 is 5.49. The van der Waals surface area contributed by atoms with Crippen LogP contribution in [0.3, 0.4) is 0 Å². The van der Waals surface area contributed by atoms with Crippen LogP contribution in [0.15, 0.2) is 18.2 Å². The van der Waals surface area contributed by atoms with Gasteiger partial charge >= 0.3 is 17.8 Å². The van der Waals surface area contributed by atoms with Crippen LogP contribution in [-0.2, 0) is 9.59 Å². The van der Waals surface area contributed by atoms with Crippen LogP contribution in [-0.4, -0.2) is 17.8 Å². The van der Waals surface area contributed by atoms with Gasteiger partial charge in [-0.2, -0.15) is 0 Å². The first-order valence-corrected chi connectivity index (χ1v) is 4.53. The van der Waals surface area contributed by atoms with E-state index in [0.29, 0.717) is 4.90 Å². The van der Waals surface area contributed by atoms with E-state index in [1.807, 2.05) is 5.32 Å². The first-order chi connectivity index (χ1) is 7.50. The highest BCUT2D eigenvalue weighted by atomic mass is 35.5. The largest absolute Gasteiger partial charge is 0.336 e. The topological polar surface area (TPSA) is 66.5 Å². The van der Waals surface area contributed by atoms with Gasteiger partial charge in [-0.1, -0.05) is 11.6 Å². The number of rotatable bonds is 1. The Kier molecular flexibility index (Phi) is 2.35. The first-order valence-electron chi connectivity index (χ1n) is 4.15. The minimum Gasteiger partial charge on any atom is -0.269 e. The molecule has 1 fully saturated rings. The number of nitrogens with zero attached hydrogens (tertiary/aromatic N) is 1. The zero-order valence-electron chi connectivity index (χ0n) is 7.66. The summed E-state index contributed by atoms with van der Waals surface area (Å²) in [4.78, 5) is 34.0. The molecule has 0 aromatic heterocycles. The molecule has 1 aromatic rings. The summed E-state index contributed by atoms with van der Waals surface area (Å²) in [6.07, 6.45) is 0. The monoisotopic (exact) mass is 242 g/mol. The van der Waals surface area contributed by atoms with Gasteiger partial charge in [-0.05, 0) is 18.2 Å². The van der Waals surface area contributed by atoms with Gasteiger partial charge in [0, 0.05) is 0 Å². The quantitative estimate of drug-likeness (QED) is 0.592. The van der Waals surface area contributed by atoms with Crippen LogP contribution in [0.1, 0.15) is 0 Å². The fraction of sp³-hybridized carbons (Fsp3) is 0. The molecule has 0 atom stereocenters. The van der Waals surface area contributed by atoms with Gasteiger partial charge in [0.15, 0.2) is 0 Å². The van der Waals surface area contributed by atoms with Crippen LogP contribution in [0.5, 0.6) is 0 Å². The van der Waals surface area contributed by atoms with Gasteiger partial charge in [0.05, 0.1) is 10.7 Å². The van der Waals surface area contributed by atoms with Crippen LogP contribution in [0.2, 0.25) is 5.02 Å². The highest BCUT2D eigenvalue weighted by Crippen LogP contribution is 2.24. The standard InChI is InChI=1S/C9H4ClFN2O3/c10-5-3-4(1-2-6(5)11)13-8(15)7(14)12-9(13)16/h1-3H,(H,12,14,16). The maximum atomic E-state index is 12.9. The fourth-order valence-corrected chi connectivity index (χ4v) is 1.43. The Balaban J connectivity index is 2.45. The molecule has 0 aliphatic carbocycles. The molecule has 2 rings (SSSR count).